The summed E-state index contributed by atoms with van der Waals surface area (Å²) in [6, 6.07) is 12.1. The van der Waals surface area contributed by atoms with Crippen LogP contribution in [0.2, 0.25) is 0 Å². The Morgan fingerprint density at radius 1 is 1.00 bits per heavy atom. The number of rotatable bonds is 4. The molecule has 2 rings (SSSR count). The Bertz CT molecular complexity index is 634. The van der Waals surface area contributed by atoms with Crippen LogP contribution >= 0.6 is 0 Å². The summed E-state index contributed by atoms with van der Waals surface area (Å²) in [5.74, 6) is -0.379. The number of hydrogen-bond donors (Lipinski definition) is 0. The molecule has 2 aromatic rings. The monoisotopic (exact) mass is 374 g/mol. The van der Waals surface area contributed by atoms with Crippen molar-refractivity contribution in [3.63, 3.8) is 0 Å². The SMILES string of the molecule is CCOC(=O)c1ccc([Se]c2ccc(C(F)(F)F)cc2)cc1. The van der Waals surface area contributed by atoms with Gasteiger partial charge in [0.2, 0.25) is 0 Å². The molecule has 0 unspecified atom stereocenters. The van der Waals surface area contributed by atoms with Gasteiger partial charge in [0.25, 0.3) is 0 Å². The van der Waals surface area contributed by atoms with Crippen LogP contribution in [0.25, 0.3) is 0 Å². The molecule has 0 fully saturated rings. The summed E-state index contributed by atoms with van der Waals surface area (Å²) in [4.78, 5) is 11.5. The van der Waals surface area contributed by atoms with E-state index in [2.05, 4.69) is 0 Å². The number of halogens is 3. The van der Waals surface area contributed by atoms with Gasteiger partial charge in [0.15, 0.2) is 0 Å². The number of esters is 1. The summed E-state index contributed by atoms with van der Waals surface area (Å²) in [5, 5.41) is 0. The fraction of sp³-hybridized carbons (Fsp3) is 0.188. The predicted molar refractivity (Wildman–Crippen MR) is 78.9 cm³/mol. The van der Waals surface area contributed by atoms with E-state index in [4.69, 9.17) is 4.74 Å². The van der Waals surface area contributed by atoms with Crippen molar-refractivity contribution in [1.29, 1.82) is 0 Å². The Hall–Kier alpha value is -1.78. The van der Waals surface area contributed by atoms with Crippen molar-refractivity contribution in [3.8, 4) is 0 Å². The molecule has 116 valence electrons. The summed E-state index contributed by atoms with van der Waals surface area (Å²) in [6.45, 7) is 2.05. The van der Waals surface area contributed by atoms with Crippen LogP contribution in [0.15, 0.2) is 48.5 Å². The molecular weight excluding hydrogens is 360 g/mol. The molecule has 0 saturated heterocycles. The molecule has 0 aromatic heterocycles. The first-order chi connectivity index (χ1) is 10.4. The summed E-state index contributed by atoms with van der Waals surface area (Å²) >= 11 is -0.114. The number of carbonyl (C=O) groups excluding carboxylic acids is 1. The maximum absolute atomic E-state index is 12.5. The molecule has 0 spiro atoms. The number of ether oxygens (including phenoxy) is 1. The molecule has 0 heterocycles. The Balaban J connectivity index is 2.06. The molecule has 22 heavy (non-hydrogen) atoms. The van der Waals surface area contributed by atoms with Gasteiger partial charge in [-0.1, -0.05) is 0 Å². The zero-order valence-electron chi connectivity index (χ0n) is 11.7. The Morgan fingerprint density at radius 3 is 1.95 bits per heavy atom. The maximum atomic E-state index is 12.5. The van der Waals surface area contributed by atoms with Gasteiger partial charge in [-0.2, -0.15) is 0 Å². The molecule has 2 nitrogen and oxygen atoms in total. The first-order valence-corrected chi connectivity index (χ1v) is 8.24. The summed E-state index contributed by atoms with van der Waals surface area (Å²) < 4.78 is 44.2. The average Bonchev–Trinajstić information content (AvgIpc) is 2.48. The van der Waals surface area contributed by atoms with Gasteiger partial charge in [0, 0.05) is 0 Å². The zero-order valence-corrected chi connectivity index (χ0v) is 13.4. The fourth-order valence-corrected chi connectivity index (χ4v) is 3.43. The molecule has 2 aromatic carbocycles. The van der Waals surface area contributed by atoms with E-state index < -0.39 is 11.7 Å². The second kappa shape index (κ2) is 6.99. The standard InChI is InChI=1S/C16H13F3O2Se/c1-2-21-15(20)11-3-7-13(8-4-11)22-14-9-5-12(6-10-14)16(17,18)19/h3-10H,2H2,1H3. The number of alkyl halides is 3. The molecule has 0 aliphatic rings. The molecule has 0 aliphatic carbocycles. The Kier molecular flexibility index (Phi) is 5.27. The van der Waals surface area contributed by atoms with Gasteiger partial charge in [0.1, 0.15) is 0 Å². The van der Waals surface area contributed by atoms with Crippen LogP contribution in [-0.2, 0) is 10.9 Å². The summed E-state index contributed by atoms with van der Waals surface area (Å²) in [5.41, 5.74) is -0.182. The van der Waals surface area contributed by atoms with Crippen LogP contribution in [0.5, 0.6) is 0 Å². The number of benzene rings is 2. The molecule has 0 atom stereocenters. The summed E-state index contributed by atoms with van der Waals surface area (Å²) in [6.07, 6.45) is -4.31. The van der Waals surface area contributed by atoms with E-state index >= 15 is 0 Å². The van der Waals surface area contributed by atoms with Crippen LogP contribution in [0, 0.1) is 0 Å². The predicted octanol–water partition coefficient (Wildman–Crippen LogP) is 2.54. The van der Waals surface area contributed by atoms with E-state index in [0.29, 0.717) is 12.2 Å². The van der Waals surface area contributed by atoms with E-state index in [1.165, 1.54) is 12.1 Å². The second-order valence-corrected chi connectivity index (χ2v) is 6.78. The van der Waals surface area contributed by atoms with Gasteiger partial charge in [-0.3, -0.25) is 0 Å². The zero-order chi connectivity index (χ0) is 16.2. The van der Waals surface area contributed by atoms with E-state index in [9.17, 15) is 18.0 Å². The average molecular weight is 373 g/mol. The van der Waals surface area contributed by atoms with E-state index in [-0.39, 0.29) is 20.9 Å². The van der Waals surface area contributed by atoms with Crippen molar-refractivity contribution >= 4 is 29.8 Å². The van der Waals surface area contributed by atoms with E-state index in [0.717, 1.165) is 21.1 Å². The second-order valence-electron chi connectivity index (χ2n) is 4.37. The number of carbonyl (C=O) groups is 1. The molecule has 0 saturated carbocycles. The van der Waals surface area contributed by atoms with Crippen LogP contribution < -0.4 is 8.92 Å². The molecule has 0 bridgehead atoms. The van der Waals surface area contributed by atoms with E-state index in [1.807, 2.05) is 0 Å². The normalized spacial score (nSPS) is 11.3. The van der Waals surface area contributed by atoms with Crippen molar-refractivity contribution in [2.75, 3.05) is 6.61 Å². The Labute approximate surface area is 132 Å². The minimum absolute atomic E-state index is 0.114. The van der Waals surface area contributed by atoms with Gasteiger partial charge in [-0.05, 0) is 0 Å². The molecule has 0 amide bonds. The first-order valence-electron chi connectivity index (χ1n) is 6.52. The molecule has 0 aliphatic heterocycles. The van der Waals surface area contributed by atoms with Crippen LogP contribution in [0.4, 0.5) is 13.2 Å². The van der Waals surface area contributed by atoms with E-state index in [1.54, 1.807) is 31.2 Å². The van der Waals surface area contributed by atoms with Crippen molar-refractivity contribution in [3.05, 3.63) is 59.7 Å². The third-order valence-electron chi connectivity index (χ3n) is 2.78. The van der Waals surface area contributed by atoms with Crippen LogP contribution in [0.1, 0.15) is 22.8 Å². The number of hydrogen-bond acceptors (Lipinski definition) is 2. The van der Waals surface area contributed by atoms with Gasteiger partial charge in [-0.15, -0.1) is 0 Å². The minimum atomic E-state index is -4.31. The molecule has 0 N–H and O–H groups in total. The topological polar surface area (TPSA) is 26.3 Å². The summed E-state index contributed by atoms with van der Waals surface area (Å²) in [7, 11) is 0. The van der Waals surface area contributed by atoms with Gasteiger partial charge in [-0.25, -0.2) is 0 Å². The van der Waals surface area contributed by atoms with Gasteiger partial charge < -0.3 is 0 Å². The third kappa shape index (κ3) is 4.36. The van der Waals surface area contributed by atoms with Crippen LogP contribution in [0.3, 0.4) is 0 Å². The quantitative estimate of drug-likeness (QED) is 0.608. The van der Waals surface area contributed by atoms with Crippen LogP contribution in [-0.4, -0.2) is 27.5 Å². The molecule has 0 radical (unpaired) electrons. The molecule has 6 heteroatoms. The Morgan fingerprint density at radius 2 is 1.50 bits per heavy atom. The fourth-order valence-electron chi connectivity index (χ4n) is 1.72. The van der Waals surface area contributed by atoms with Crippen molar-refractivity contribution in [1.82, 2.24) is 0 Å². The van der Waals surface area contributed by atoms with Crippen molar-refractivity contribution in [2.24, 2.45) is 0 Å². The van der Waals surface area contributed by atoms with Crippen molar-refractivity contribution in [2.45, 2.75) is 13.1 Å². The van der Waals surface area contributed by atoms with Gasteiger partial charge >= 0.3 is 132 Å². The van der Waals surface area contributed by atoms with Crippen molar-refractivity contribution < 1.29 is 22.7 Å². The van der Waals surface area contributed by atoms with Gasteiger partial charge in [0.05, 0.1) is 0 Å². The first kappa shape index (κ1) is 16.6. The third-order valence-corrected chi connectivity index (χ3v) is 4.91. The molecular formula is C16H13F3O2Se.